The summed E-state index contributed by atoms with van der Waals surface area (Å²) >= 11 is 3.25. The molecule has 19 heavy (non-hydrogen) atoms. The molecule has 1 nitrogen and oxygen atoms in total. The van der Waals surface area contributed by atoms with Crippen molar-refractivity contribution in [3.8, 4) is 0 Å². The molecule has 2 aromatic rings. The lowest BCUT2D eigenvalue weighted by Crippen LogP contribution is -2.03. The molecule has 0 unspecified atom stereocenters. The van der Waals surface area contributed by atoms with E-state index < -0.39 is 0 Å². The minimum absolute atomic E-state index is 0.211. The van der Waals surface area contributed by atoms with Crippen LogP contribution in [-0.2, 0) is 6.42 Å². The van der Waals surface area contributed by atoms with Gasteiger partial charge in [0.1, 0.15) is 5.82 Å². The Morgan fingerprint density at radius 3 is 2.53 bits per heavy atom. The zero-order valence-electron chi connectivity index (χ0n) is 10.7. The molecule has 0 saturated carbocycles. The van der Waals surface area contributed by atoms with Gasteiger partial charge in [0.05, 0.1) is 5.69 Å². The van der Waals surface area contributed by atoms with E-state index in [1.165, 1.54) is 11.6 Å². The zero-order chi connectivity index (χ0) is 13.5. The number of benzene rings is 2. The second-order valence-electron chi connectivity index (χ2n) is 4.49. The average molecular weight is 322 g/mol. The molecule has 0 amide bonds. The number of hydrogen-bond donors (Lipinski definition) is 1. The Morgan fingerprint density at radius 1 is 1.00 bits per heavy atom. The molecule has 2 aromatic carbocycles. The fourth-order valence-corrected chi connectivity index (χ4v) is 2.29. The molecule has 0 fully saturated rings. The molecule has 0 spiro atoms. The lowest BCUT2D eigenvalue weighted by Gasteiger charge is -2.07. The third kappa shape index (κ3) is 4.67. The number of aryl methyl sites for hydroxylation is 1. The molecule has 0 aromatic heterocycles. The highest BCUT2D eigenvalue weighted by molar-refractivity contribution is 9.10. The molecule has 0 atom stereocenters. The van der Waals surface area contributed by atoms with Crippen LogP contribution >= 0.6 is 15.9 Å². The molecule has 0 bridgehead atoms. The van der Waals surface area contributed by atoms with E-state index in [0.29, 0.717) is 5.69 Å². The van der Waals surface area contributed by atoms with Gasteiger partial charge in [-0.2, -0.15) is 0 Å². The molecule has 0 saturated heterocycles. The van der Waals surface area contributed by atoms with Gasteiger partial charge in [0, 0.05) is 11.0 Å². The van der Waals surface area contributed by atoms with Crippen LogP contribution in [0.3, 0.4) is 0 Å². The van der Waals surface area contributed by atoms with E-state index in [9.17, 15) is 4.39 Å². The molecule has 2 rings (SSSR count). The van der Waals surface area contributed by atoms with Gasteiger partial charge in [0.15, 0.2) is 0 Å². The molecule has 0 aliphatic carbocycles. The summed E-state index contributed by atoms with van der Waals surface area (Å²) in [4.78, 5) is 0. The lowest BCUT2D eigenvalue weighted by molar-refractivity contribution is 0.628. The molecule has 0 aliphatic heterocycles. The van der Waals surface area contributed by atoms with E-state index in [1.807, 2.05) is 12.1 Å². The zero-order valence-corrected chi connectivity index (χ0v) is 12.3. The highest BCUT2D eigenvalue weighted by atomic mass is 79.9. The molecule has 1 N–H and O–H groups in total. The third-order valence-corrected chi connectivity index (χ3v) is 3.47. The van der Waals surface area contributed by atoms with Gasteiger partial charge in [-0.15, -0.1) is 0 Å². The van der Waals surface area contributed by atoms with Crippen LogP contribution in [0.15, 0.2) is 53.0 Å². The summed E-state index contributed by atoms with van der Waals surface area (Å²) in [5, 5.41) is 3.13. The van der Waals surface area contributed by atoms with Crippen LogP contribution in [0, 0.1) is 5.82 Å². The van der Waals surface area contributed by atoms with Crippen LogP contribution in [-0.4, -0.2) is 6.54 Å². The van der Waals surface area contributed by atoms with Crippen molar-refractivity contribution in [1.29, 1.82) is 0 Å². The molecule has 0 aliphatic rings. The summed E-state index contributed by atoms with van der Waals surface area (Å²) in [6.45, 7) is 0.797. The van der Waals surface area contributed by atoms with Crippen LogP contribution in [0.2, 0.25) is 0 Å². The first kappa shape index (κ1) is 14.1. The summed E-state index contributed by atoms with van der Waals surface area (Å²) in [6, 6.07) is 15.5. The summed E-state index contributed by atoms with van der Waals surface area (Å²) in [5.41, 5.74) is 1.93. The van der Waals surface area contributed by atoms with E-state index in [-0.39, 0.29) is 5.82 Å². The molecular weight excluding hydrogens is 305 g/mol. The SMILES string of the molecule is Fc1cc(Br)ccc1NCCCCc1ccccc1. The lowest BCUT2D eigenvalue weighted by atomic mass is 10.1. The van der Waals surface area contributed by atoms with Crippen LogP contribution in [0.4, 0.5) is 10.1 Å². The van der Waals surface area contributed by atoms with Crippen molar-refractivity contribution in [2.45, 2.75) is 19.3 Å². The first-order valence-electron chi connectivity index (χ1n) is 6.48. The summed E-state index contributed by atoms with van der Waals surface area (Å²) in [5.74, 6) is -0.211. The maximum Gasteiger partial charge on any atom is 0.147 e. The minimum atomic E-state index is -0.211. The Balaban J connectivity index is 1.69. The monoisotopic (exact) mass is 321 g/mol. The highest BCUT2D eigenvalue weighted by Crippen LogP contribution is 2.19. The maximum atomic E-state index is 13.5. The Hall–Kier alpha value is -1.35. The molecule has 0 heterocycles. The van der Waals surface area contributed by atoms with Crippen molar-refractivity contribution >= 4 is 21.6 Å². The predicted octanol–water partition coefficient (Wildman–Crippen LogP) is 5.02. The van der Waals surface area contributed by atoms with Crippen molar-refractivity contribution in [2.75, 3.05) is 11.9 Å². The Bertz CT molecular complexity index is 513. The van der Waals surface area contributed by atoms with E-state index in [0.717, 1.165) is 30.3 Å². The topological polar surface area (TPSA) is 12.0 Å². The van der Waals surface area contributed by atoms with Crippen LogP contribution in [0.25, 0.3) is 0 Å². The van der Waals surface area contributed by atoms with Crippen LogP contribution in [0.1, 0.15) is 18.4 Å². The fraction of sp³-hybridized carbons (Fsp3) is 0.250. The van der Waals surface area contributed by atoms with Gasteiger partial charge in [-0.05, 0) is 43.0 Å². The molecule has 0 radical (unpaired) electrons. The van der Waals surface area contributed by atoms with Crippen molar-refractivity contribution < 1.29 is 4.39 Å². The summed E-state index contributed by atoms with van der Waals surface area (Å²) in [6.07, 6.45) is 3.21. The molecule has 3 heteroatoms. The standard InChI is InChI=1S/C16H17BrFN/c17-14-9-10-16(15(18)12-14)19-11-5-4-8-13-6-2-1-3-7-13/h1-3,6-7,9-10,12,19H,4-5,8,11H2. The predicted molar refractivity (Wildman–Crippen MR) is 82.0 cm³/mol. The highest BCUT2D eigenvalue weighted by Gasteiger charge is 2.01. The average Bonchev–Trinajstić information content (AvgIpc) is 2.42. The third-order valence-electron chi connectivity index (χ3n) is 2.98. The second-order valence-corrected chi connectivity index (χ2v) is 5.41. The van der Waals surface area contributed by atoms with Crippen molar-refractivity contribution in [2.24, 2.45) is 0 Å². The van der Waals surface area contributed by atoms with Gasteiger partial charge < -0.3 is 5.32 Å². The van der Waals surface area contributed by atoms with Crippen LogP contribution < -0.4 is 5.32 Å². The smallest absolute Gasteiger partial charge is 0.147 e. The fourth-order valence-electron chi connectivity index (χ4n) is 1.95. The Kier molecular flexibility index (Phi) is 5.40. The van der Waals surface area contributed by atoms with Gasteiger partial charge in [-0.1, -0.05) is 46.3 Å². The van der Waals surface area contributed by atoms with E-state index in [4.69, 9.17) is 0 Å². The quantitative estimate of drug-likeness (QED) is 0.736. The number of anilines is 1. The van der Waals surface area contributed by atoms with Crippen LogP contribution in [0.5, 0.6) is 0 Å². The molecular formula is C16H17BrFN. The number of rotatable bonds is 6. The number of unbranched alkanes of at least 4 members (excludes halogenated alkanes) is 1. The summed E-state index contributed by atoms with van der Waals surface area (Å²) < 4.78 is 14.3. The van der Waals surface area contributed by atoms with Gasteiger partial charge in [-0.3, -0.25) is 0 Å². The maximum absolute atomic E-state index is 13.5. The normalized spacial score (nSPS) is 10.4. The second kappa shape index (κ2) is 7.29. The largest absolute Gasteiger partial charge is 0.383 e. The van der Waals surface area contributed by atoms with E-state index >= 15 is 0 Å². The molecule has 100 valence electrons. The number of halogens is 2. The van der Waals surface area contributed by atoms with Gasteiger partial charge in [-0.25, -0.2) is 4.39 Å². The van der Waals surface area contributed by atoms with Gasteiger partial charge >= 0.3 is 0 Å². The summed E-state index contributed by atoms with van der Waals surface area (Å²) in [7, 11) is 0. The number of nitrogens with one attached hydrogen (secondary N) is 1. The first-order chi connectivity index (χ1) is 9.25. The van der Waals surface area contributed by atoms with E-state index in [1.54, 1.807) is 6.07 Å². The first-order valence-corrected chi connectivity index (χ1v) is 7.28. The number of hydrogen-bond acceptors (Lipinski definition) is 1. The van der Waals surface area contributed by atoms with Crippen molar-refractivity contribution in [3.63, 3.8) is 0 Å². The van der Waals surface area contributed by atoms with Crippen molar-refractivity contribution in [3.05, 3.63) is 64.4 Å². The van der Waals surface area contributed by atoms with Gasteiger partial charge in [0.25, 0.3) is 0 Å². The van der Waals surface area contributed by atoms with Gasteiger partial charge in [0.2, 0.25) is 0 Å². The Labute approximate surface area is 122 Å². The Morgan fingerprint density at radius 2 is 1.79 bits per heavy atom. The minimum Gasteiger partial charge on any atom is -0.383 e. The van der Waals surface area contributed by atoms with Crippen molar-refractivity contribution in [1.82, 2.24) is 0 Å². The van der Waals surface area contributed by atoms with E-state index in [2.05, 4.69) is 45.5 Å².